The first kappa shape index (κ1) is 16.7. The Balaban J connectivity index is 2.26. The maximum Gasteiger partial charge on any atom is 0.325 e. The van der Waals surface area contributed by atoms with Crippen molar-refractivity contribution in [1.82, 2.24) is 14.7 Å². The molecule has 2 aromatic rings. The molecule has 0 bridgehead atoms. The Morgan fingerprint density at radius 1 is 1.30 bits per heavy atom. The van der Waals surface area contributed by atoms with Gasteiger partial charge in [0.15, 0.2) is 0 Å². The molecular weight excluding hydrogens is 298 g/mol. The molecule has 0 radical (unpaired) electrons. The second-order valence-electron chi connectivity index (χ2n) is 5.39. The number of benzene rings is 1. The highest BCUT2D eigenvalue weighted by Crippen LogP contribution is 2.07. The second kappa shape index (κ2) is 7.04. The highest BCUT2D eigenvalue weighted by Gasteiger charge is 2.21. The molecule has 0 atom stereocenters. The average Bonchev–Trinajstić information content (AvgIpc) is 2.54. The molecular formula is C16H19N3O4. The molecule has 7 nitrogen and oxygen atoms in total. The summed E-state index contributed by atoms with van der Waals surface area (Å²) in [5, 5.41) is 5.25. The van der Waals surface area contributed by atoms with Crippen LogP contribution in [0.15, 0.2) is 35.3 Å². The fourth-order valence-corrected chi connectivity index (χ4v) is 2.22. The number of hydrogen-bond donors (Lipinski definition) is 0. The van der Waals surface area contributed by atoms with Crippen LogP contribution in [0.5, 0.6) is 0 Å². The van der Waals surface area contributed by atoms with Gasteiger partial charge in [-0.2, -0.15) is 5.10 Å². The molecule has 0 aliphatic heterocycles. The van der Waals surface area contributed by atoms with E-state index in [1.807, 2.05) is 6.07 Å². The van der Waals surface area contributed by atoms with E-state index in [1.54, 1.807) is 38.2 Å². The SMILES string of the molecule is COC(=O)CN(C(=O)Cn1ncc2ccccc2c1=O)C(C)C. The van der Waals surface area contributed by atoms with Crippen molar-refractivity contribution in [1.29, 1.82) is 0 Å². The van der Waals surface area contributed by atoms with Gasteiger partial charge in [-0.1, -0.05) is 18.2 Å². The Morgan fingerprint density at radius 2 is 2.00 bits per heavy atom. The number of nitrogens with zero attached hydrogens (tertiary/aromatic N) is 3. The monoisotopic (exact) mass is 317 g/mol. The van der Waals surface area contributed by atoms with Gasteiger partial charge in [-0.25, -0.2) is 4.68 Å². The number of fused-ring (bicyclic) bond motifs is 1. The summed E-state index contributed by atoms with van der Waals surface area (Å²) in [4.78, 5) is 37.6. The topological polar surface area (TPSA) is 81.5 Å². The van der Waals surface area contributed by atoms with Crippen molar-refractivity contribution in [2.45, 2.75) is 26.4 Å². The van der Waals surface area contributed by atoms with Gasteiger partial charge in [-0.3, -0.25) is 14.4 Å². The summed E-state index contributed by atoms with van der Waals surface area (Å²) in [5.41, 5.74) is -0.335. The third-order valence-electron chi connectivity index (χ3n) is 3.52. The lowest BCUT2D eigenvalue weighted by Crippen LogP contribution is -2.44. The van der Waals surface area contributed by atoms with Crippen molar-refractivity contribution in [3.8, 4) is 0 Å². The van der Waals surface area contributed by atoms with Crippen LogP contribution in [-0.4, -0.2) is 46.3 Å². The minimum atomic E-state index is -0.508. The van der Waals surface area contributed by atoms with Gasteiger partial charge in [0.1, 0.15) is 13.1 Å². The van der Waals surface area contributed by atoms with Gasteiger partial charge in [-0.05, 0) is 19.9 Å². The molecule has 0 aliphatic rings. The Hall–Kier alpha value is -2.70. The van der Waals surface area contributed by atoms with E-state index in [-0.39, 0.29) is 30.6 Å². The van der Waals surface area contributed by atoms with E-state index in [1.165, 1.54) is 12.0 Å². The normalized spacial score (nSPS) is 10.8. The highest BCUT2D eigenvalue weighted by atomic mass is 16.5. The van der Waals surface area contributed by atoms with Crippen molar-refractivity contribution in [2.75, 3.05) is 13.7 Å². The number of hydrogen-bond acceptors (Lipinski definition) is 5. The summed E-state index contributed by atoms with van der Waals surface area (Å²) in [6.07, 6.45) is 1.55. The molecule has 0 unspecified atom stereocenters. The number of methoxy groups -OCH3 is 1. The maximum atomic E-state index is 12.4. The fourth-order valence-electron chi connectivity index (χ4n) is 2.22. The number of aromatic nitrogens is 2. The molecule has 0 aliphatic carbocycles. The molecule has 1 amide bonds. The van der Waals surface area contributed by atoms with E-state index in [9.17, 15) is 14.4 Å². The highest BCUT2D eigenvalue weighted by molar-refractivity contribution is 5.83. The number of rotatable bonds is 5. The van der Waals surface area contributed by atoms with E-state index in [0.29, 0.717) is 5.39 Å². The Kier molecular flexibility index (Phi) is 5.10. The first-order valence-corrected chi connectivity index (χ1v) is 7.25. The molecule has 0 spiro atoms. The third kappa shape index (κ3) is 3.74. The van der Waals surface area contributed by atoms with Crippen molar-refractivity contribution in [2.24, 2.45) is 0 Å². The molecule has 0 saturated carbocycles. The molecule has 0 saturated heterocycles. The van der Waals surface area contributed by atoms with Crippen molar-refractivity contribution < 1.29 is 14.3 Å². The standard InChI is InChI=1S/C16H19N3O4/c1-11(2)18(10-15(21)23-3)14(20)9-19-16(22)13-7-5-4-6-12(13)8-17-19/h4-8,11H,9-10H2,1-3H3. The summed E-state index contributed by atoms with van der Waals surface area (Å²) in [7, 11) is 1.26. The number of esters is 1. The predicted octanol–water partition coefficient (Wildman–Crippen LogP) is 0.806. The van der Waals surface area contributed by atoms with Crippen LogP contribution < -0.4 is 5.56 Å². The van der Waals surface area contributed by atoms with Crippen LogP contribution in [-0.2, 0) is 20.9 Å². The zero-order chi connectivity index (χ0) is 17.0. The first-order valence-electron chi connectivity index (χ1n) is 7.25. The minimum Gasteiger partial charge on any atom is -0.468 e. The van der Waals surface area contributed by atoms with Gasteiger partial charge in [0.25, 0.3) is 5.56 Å². The van der Waals surface area contributed by atoms with Crippen LogP contribution >= 0.6 is 0 Å². The van der Waals surface area contributed by atoms with Crippen LogP contribution in [0.1, 0.15) is 13.8 Å². The Morgan fingerprint density at radius 3 is 2.65 bits per heavy atom. The average molecular weight is 317 g/mol. The number of ether oxygens (including phenoxy) is 1. The lowest BCUT2D eigenvalue weighted by molar-refractivity contribution is -0.148. The Labute approximate surface area is 133 Å². The molecule has 1 aromatic carbocycles. The molecule has 0 N–H and O–H groups in total. The fraction of sp³-hybridized carbons (Fsp3) is 0.375. The van der Waals surface area contributed by atoms with Crippen molar-refractivity contribution >= 4 is 22.6 Å². The van der Waals surface area contributed by atoms with E-state index < -0.39 is 5.97 Å². The van der Waals surface area contributed by atoms with Crippen LogP contribution in [0.3, 0.4) is 0 Å². The van der Waals surface area contributed by atoms with Gasteiger partial charge in [0.05, 0.1) is 18.7 Å². The zero-order valence-electron chi connectivity index (χ0n) is 13.4. The molecule has 7 heteroatoms. The van der Waals surface area contributed by atoms with Crippen LogP contribution in [0.4, 0.5) is 0 Å². The van der Waals surface area contributed by atoms with Gasteiger partial charge in [0.2, 0.25) is 5.91 Å². The maximum absolute atomic E-state index is 12.4. The summed E-state index contributed by atoms with van der Waals surface area (Å²) in [5.74, 6) is -0.874. The predicted molar refractivity (Wildman–Crippen MR) is 84.9 cm³/mol. The van der Waals surface area contributed by atoms with Crippen molar-refractivity contribution in [3.63, 3.8) is 0 Å². The largest absolute Gasteiger partial charge is 0.468 e. The van der Waals surface area contributed by atoms with Gasteiger partial charge >= 0.3 is 5.97 Å². The van der Waals surface area contributed by atoms with E-state index in [2.05, 4.69) is 9.84 Å². The number of carbonyl (C=O) groups is 2. The van der Waals surface area contributed by atoms with E-state index >= 15 is 0 Å². The summed E-state index contributed by atoms with van der Waals surface area (Å²) < 4.78 is 5.70. The van der Waals surface area contributed by atoms with Crippen LogP contribution in [0.25, 0.3) is 10.8 Å². The second-order valence-corrected chi connectivity index (χ2v) is 5.39. The van der Waals surface area contributed by atoms with Gasteiger partial charge in [0, 0.05) is 11.4 Å². The molecule has 1 heterocycles. The van der Waals surface area contributed by atoms with Gasteiger partial charge in [-0.15, -0.1) is 0 Å². The molecule has 2 rings (SSSR count). The van der Waals surface area contributed by atoms with Gasteiger partial charge < -0.3 is 9.64 Å². The molecule has 1 aromatic heterocycles. The quantitative estimate of drug-likeness (QED) is 0.762. The van der Waals surface area contributed by atoms with Crippen LogP contribution in [0, 0.1) is 0 Å². The van der Waals surface area contributed by atoms with Crippen LogP contribution in [0.2, 0.25) is 0 Å². The summed E-state index contributed by atoms with van der Waals surface area (Å²) >= 11 is 0. The zero-order valence-corrected chi connectivity index (χ0v) is 13.4. The lowest BCUT2D eigenvalue weighted by Gasteiger charge is -2.25. The first-order chi connectivity index (χ1) is 10.9. The minimum absolute atomic E-state index is 0.157. The van der Waals surface area contributed by atoms with E-state index in [4.69, 9.17) is 0 Å². The number of amides is 1. The molecule has 23 heavy (non-hydrogen) atoms. The third-order valence-corrected chi connectivity index (χ3v) is 3.52. The smallest absolute Gasteiger partial charge is 0.325 e. The van der Waals surface area contributed by atoms with Crippen molar-refractivity contribution in [3.05, 3.63) is 40.8 Å². The number of carbonyl (C=O) groups excluding carboxylic acids is 2. The summed E-state index contributed by atoms with van der Waals surface area (Å²) in [6, 6.07) is 6.85. The Bertz CT molecular complexity index is 782. The lowest BCUT2D eigenvalue weighted by atomic mass is 10.2. The molecule has 0 fully saturated rings. The van der Waals surface area contributed by atoms with E-state index in [0.717, 1.165) is 10.1 Å². The summed E-state index contributed by atoms with van der Waals surface area (Å²) in [6.45, 7) is 3.20. The molecule has 122 valence electrons.